The molecule has 0 bridgehead atoms. The van der Waals surface area contributed by atoms with E-state index in [2.05, 4.69) is 10.1 Å². The largest absolute Gasteiger partial charge is 0.452 e. The van der Waals surface area contributed by atoms with Crippen LogP contribution >= 0.6 is 0 Å². The molecule has 5 heteroatoms. The molecule has 19 heavy (non-hydrogen) atoms. The van der Waals surface area contributed by atoms with Gasteiger partial charge in [-0.3, -0.25) is 9.67 Å². The van der Waals surface area contributed by atoms with Crippen LogP contribution in [0.25, 0.3) is 0 Å². The maximum absolute atomic E-state index is 5.93. The highest BCUT2D eigenvalue weighted by Gasteiger charge is 2.12. The van der Waals surface area contributed by atoms with Gasteiger partial charge in [0.2, 0.25) is 0 Å². The Balaban J connectivity index is 2.20. The SMILES string of the molecule is CCC(N)c1ccc(Oc2c(C)nn(C)c2C)cn1. The predicted octanol–water partition coefficient (Wildman–Crippen LogP) is 2.63. The van der Waals surface area contributed by atoms with Gasteiger partial charge >= 0.3 is 0 Å². The van der Waals surface area contributed by atoms with Crippen LogP contribution in [0.2, 0.25) is 0 Å². The first kappa shape index (κ1) is 13.5. The summed E-state index contributed by atoms with van der Waals surface area (Å²) >= 11 is 0. The lowest BCUT2D eigenvalue weighted by Crippen LogP contribution is -2.10. The fraction of sp³-hybridized carbons (Fsp3) is 0.429. The quantitative estimate of drug-likeness (QED) is 0.917. The zero-order valence-electron chi connectivity index (χ0n) is 11.8. The Hall–Kier alpha value is -1.88. The van der Waals surface area contributed by atoms with Crippen LogP contribution in [0.4, 0.5) is 0 Å². The zero-order chi connectivity index (χ0) is 14.0. The molecular formula is C14H20N4O. The van der Waals surface area contributed by atoms with E-state index in [0.717, 1.165) is 29.3 Å². The lowest BCUT2D eigenvalue weighted by molar-refractivity contribution is 0.470. The van der Waals surface area contributed by atoms with Gasteiger partial charge in [0.15, 0.2) is 5.75 Å². The van der Waals surface area contributed by atoms with Gasteiger partial charge in [0.1, 0.15) is 11.4 Å². The molecule has 0 saturated heterocycles. The summed E-state index contributed by atoms with van der Waals surface area (Å²) in [7, 11) is 1.90. The van der Waals surface area contributed by atoms with E-state index in [4.69, 9.17) is 10.5 Å². The first-order valence-electron chi connectivity index (χ1n) is 6.42. The lowest BCUT2D eigenvalue weighted by atomic mass is 10.1. The van der Waals surface area contributed by atoms with Crippen molar-refractivity contribution in [3.63, 3.8) is 0 Å². The number of aryl methyl sites for hydroxylation is 2. The van der Waals surface area contributed by atoms with E-state index in [1.807, 2.05) is 40.0 Å². The summed E-state index contributed by atoms with van der Waals surface area (Å²) in [5, 5.41) is 4.32. The fourth-order valence-corrected chi connectivity index (χ4v) is 1.90. The minimum absolute atomic E-state index is 0.0177. The third kappa shape index (κ3) is 2.76. The van der Waals surface area contributed by atoms with E-state index < -0.39 is 0 Å². The summed E-state index contributed by atoms with van der Waals surface area (Å²) in [6.07, 6.45) is 2.57. The summed E-state index contributed by atoms with van der Waals surface area (Å²) in [5.41, 5.74) is 8.68. The Labute approximate surface area is 113 Å². The van der Waals surface area contributed by atoms with Crippen molar-refractivity contribution in [1.82, 2.24) is 14.8 Å². The van der Waals surface area contributed by atoms with Crippen molar-refractivity contribution in [3.05, 3.63) is 35.4 Å². The van der Waals surface area contributed by atoms with E-state index >= 15 is 0 Å². The molecule has 0 radical (unpaired) electrons. The third-order valence-corrected chi connectivity index (χ3v) is 3.24. The number of nitrogens with two attached hydrogens (primary N) is 1. The predicted molar refractivity (Wildman–Crippen MR) is 74.2 cm³/mol. The van der Waals surface area contributed by atoms with Crippen molar-refractivity contribution in [1.29, 1.82) is 0 Å². The van der Waals surface area contributed by atoms with Gasteiger partial charge in [-0.1, -0.05) is 6.92 Å². The number of hydrogen-bond donors (Lipinski definition) is 1. The third-order valence-electron chi connectivity index (χ3n) is 3.24. The van der Waals surface area contributed by atoms with Crippen LogP contribution in [0.1, 0.15) is 36.5 Å². The lowest BCUT2D eigenvalue weighted by Gasteiger charge is -2.09. The average Bonchev–Trinajstić information content (AvgIpc) is 2.65. The van der Waals surface area contributed by atoms with E-state index in [1.54, 1.807) is 10.9 Å². The minimum atomic E-state index is -0.0177. The molecule has 1 atom stereocenters. The summed E-state index contributed by atoms with van der Waals surface area (Å²) in [6, 6.07) is 3.78. The van der Waals surface area contributed by atoms with Crippen LogP contribution < -0.4 is 10.5 Å². The van der Waals surface area contributed by atoms with Crippen molar-refractivity contribution < 1.29 is 4.74 Å². The number of nitrogens with zero attached hydrogens (tertiary/aromatic N) is 3. The smallest absolute Gasteiger partial charge is 0.171 e. The molecule has 2 aromatic heterocycles. The molecule has 2 N–H and O–H groups in total. The van der Waals surface area contributed by atoms with Gasteiger partial charge in [-0.2, -0.15) is 5.10 Å². The maximum Gasteiger partial charge on any atom is 0.171 e. The van der Waals surface area contributed by atoms with Crippen LogP contribution in [0.5, 0.6) is 11.5 Å². The number of rotatable bonds is 4. The van der Waals surface area contributed by atoms with Gasteiger partial charge in [0, 0.05) is 13.1 Å². The molecule has 2 heterocycles. The average molecular weight is 260 g/mol. The maximum atomic E-state index is 5.93. The molecule has 0 aliphatic heterocycles. The first-order valence-corrected chi connectivity index (χ1v) is 6.42. The van der Waals surface area contributed by atoms with Crippen molar-refractivity contribution in [2.75, 3.05) is 0 Å². The standard InChI is InChI=1S/C14H20N4O/c1-5-12(15)13-7-6-11(8-16-13)19-14-9(2)17-18(4)10(14)3/h6-8,12H,5,15H2,1-4H3. The number of hydrogen-bond acceptors (Lipinski definition) is 4. The second-order valence-electron chi connectivity index (χ2n) is 4.66. The second kappa shape index (κ2) is 5.40. The second-order valence-corrected chi connectivity index (χ2v) is 4.66. The molecule has 0 aliphatic carbocycles. The van der Waals surface area contributed by atoms with Gasteiger partial charge < -0.3 is 10.5 Å². The van der Waals surface area contributed by atoms with E-state index in [-0.39, 0.29) is 6.04 Å². The van der Waals surface area contributed by atoms with Gasteiger partial charge in [0.05, 0.1) is 17.6 Å². The summed E-state index contributed by atoms with van der Waals surface area (Å²) in [5.74, 6) is 1.49. The monoisotopic (exact) mass is 260 g/mol. The van der Waals surface area contributed by atoms with Gasteiger partial charge in [0.25, 0.3) is 0 Å². The van der Waals surface area contributed by atoms with Gasteiger partial charge in [-0.15, -0.1) is 0 Å². The summed E-state index contributed by atoms with van der Waals surface area (Å²) in [6.45, 7) is 5.94. The Bertz CT molecular complexity index is 560. The molecule has 0 saturated carbocycles. The molecule has 5 nitrogen and oxygen atoms in total. The van der Waals surface area contributed by atoms with Crippen LogP contribution in [-0.4, -0.2) is 14.8 Å². The van der Waals surface area contributed by atoms with Crippen molar-refractivity contribution in [2.24, 2.45) is 12.8 Å². The Morgan fingerprint density at radius 1 is 1.37 bits per heavy atom. The number of ether oxygens (including phenoxy) is 1. The van der Waals surface area contributed by atoms with Crippen molar-refractivity contribution in [2.45, 2.75) is 33.2 Å². The molecule has 0 spiro atoms. The summed E-state index contributed by atoms with van der Waals surface area (Å²) < 4.78 is 7.65. The number of pyridine rings is 1. The highest BCUT2D eigenvalue weighted by Crippen LogP contribution is 2.27. The highest BCUT2D eigenvalue weighted by atomic mass is 16.5. The zero-order valence-corrected chi connectivity index (χ0v) is 11.8. The van der Waals surface area contributed by atoms with E-state index in [0.29, 0.717) is 5.75 Å². The molecule has 0 amide bonds. The molecule has 102 valence electrons. The molecule has 1 unspecified atom stereocenters. The normalized spacial score (nSPS) is 12.5. The van der Waals surface area contributed by atoms with Gasteiger partial charge in [-0.05, 0) is 32.4 Å². The molecular weight excluding hydrogens is 240 g/mol. The molecule has 0 fully saturated rings. The topological polar surface area (TPSA) is 66.0 Å². The van der Waals surface area contributed by atoms with Crippen LogP contribution in [0.3, 0.4) is 0 Å². The minimum Gasteiger partial charge on any atom is -0.452 e. The molecule has 0 aliphatic rings. The number of aromatic nitrogens is 3. The Kier molecular flexibility index (Phi) is 3.85. The molecule has 2 aromatic rings. The summed E-state index contributed by atoms with van der Waals surface area (Å²) in [4.78, 5) is 4.33. The van der Waals surface area contributed by atoms with E-state index in [9.17, 15) is 0 Å². The van der Waals surface area contributed by atoms with Crippen LogP contribution in [0, 0.1) is 13.8 Å². The Morgan fingerprint density at radius 3 is 2.58 bits per heavy atom. The highest BCUT2D eigenvalue weighted by molar-refractivity contribution is 5.36. The molecule has 0 aromatic carbocycles. The fourth-order valence-electron chi connectivity index (χ4n) is 1.90. The first-order chi connectivity index (χ1) is 9.02. The van der Waals surface area contributed by atoms with Crippen molar-refractivity contribution >= 4 is 0 Å². The van der Waals surface area contributed by atoms with Crippen LogP contribution in [0.15, 0.2) is 18.3 Å². The van der Waals surface area contributed by atoms with Crippen LogP contribution in [-0.2, 0) is 7.05 Å². The molecule has 2 rings (SSSR count). The Morgan fingerprint density at radius 2 is 2.11 bits per heavy atom. The van der Waals surface area contributed by atoms with E-state index in [1.165, 1.54) is 0 Å². The van der Waals surface area contributed by atoms with Crippen molar-refractivity contribution in [3.8, 4) is 11.5 Å². The van der Waals surface area contributed by atoms with Gasteiger partial charge in [-0.25, -0.2) is 0 Å².